The van der Waals surface area contributed by atoms with Crippen LogP contribution in [0.25, 0.3) is 0 Å². The van der Waals surface area contributed by atoms with Crippen molar-refractivity contribution in [1.29, 1.82) is 0 Å². The number of imide groups is 1. The van der Waals surface area contributed by atoms with E-state index in [-0.39, 0.29) is 30.9 Å². The van der Waals surface area contributed by atoms with E-state index in [0.717, 1.165) is 17.7 Å². The molecule has 2 saturated heterocycles. The Morgan fingerprint density at radius 3 is 2.66 bits per heavy atom. The first-order valence-corrected chi connectivity index (χ1v) is 10.8. The van der Waals surface area contributed by atoms with E-state index in [4.69, 9.17) is 4.74 Å². The molecular weight excluding hydrogens is 410 g/mol. The first-order chi connectivity index (χ1) is 15.6. The van der Waals surface area contributed by atoms with Gasteiger partial charge in [-0.2, -0.15) is 0 Å². The number of hydrogen-bond acceptors (Lipinski definition) is 6. The van der Waals surface area contributed by atoms with Gasteiger partial charge < -0.3 is 20.3 Å². The molecule has 4 rings (SSSR count). The minimum Gasteiger partial charge on any atom is -0.494 e. The number of urea groups is 1. The zero-order chi connectivity index (χ0) is 22.5. The second kappa shape index (κ2) is 9.78. The molecule has 2 unspecified atom stereocenters. The zero-order valence-electron chi connectivity index (χ0n) is 18.0. The van der Waals surface area contributed by atoms with Crippen molar-refractivity contribution in [2.24, 2.45) is 0 Å². The van der Waals surface area contributed by atoms with Gasteiger partial charge in [0, 0.05) is 18.1 Å². The monoisotopic (exact) mass is 437 g/mol. The molecule has 9 nitrogen and oxygen atoms in total. The van der Waals surface area contributed by atoms with Crippen LogP contribution in [0.2, 0.25) is 0 Å². The van der Waals surface area contributed by atoms with Crippen LogP contribution in [0.4, 0.5) is 10.5 Å². The topological polar surface area (TPSA) is 104 Å². The SMILES string of the molecule is CCOc1ccc(NC(=O)CN2C(=O)N(Cc3ccncc3)C(=O)C3NCCCC32)cc1. The van der Waals surface area contributed by atoms with E-state index in [1.165, 1.54) is 9.80 Å². The van der Waals surface area contributed by atoms with Gasteiger partial charge in [0.1, 0.15) is 18.3 Å². The fourth-order valence-electron chi connectivity index (χ4n) is 4.18. The molecule has 3 heterocycles. The van der Waals surface area contributed by atoms with Crippen molar-refractivity contribution >= 4 is 23.5 Å². The Morgan fingerprint density at radius 2 is 1.94 bits per heavy atom. The van der Waals surface area contributed by atoms with Crippen LogP contribution in [0.5, 0.6) is 5.75 Å². The van der Waals surface area contributed by atoms with Crippen LogP contribution >= 0.6 is 0 Å². The minimum absolute atomic E-state index is 0.130. The number of carbonyl (C=O) groups excluding carboxylic acids is 3. The second-order valence-corrected chi connectivity index (χ2v) is 7.84. The number of anilines is 1. The molecule has 0 radical (unpaired) electrons. The van der Waals surface area contributed by atoms with Gasteiger partial charge in [0.05, 0.1) is 19.2 Å². The highest BCUT2D eigenvalue weighted by molar-refractivity contribution is 6.02. The van der Waals surface area contributed by atoms with Crippen LogP contribution in [0.3, 0.4) is 0 Å². The predicted octanol–water partition coefficient (Wildman–Crippen LogP) is 2.00. The third-order valence-electron chi connectivity index (χ3n) is 5.69. The number of amides is 4. The summed E-state index contributed by atoms with van der Waals surface area (Å²) in [4.78, 5) is 45.9. The normalized spacial score (nSPS) is 20.7. The molecule has 0 spiro atoms. The standard InChI is InChI=1S/C23H27N5O4/c1-2-32-18-7-5-17(6-8-18)26-20(29)15-27-19-4-3-11-25-21(19)22(30)28(23(27)31)14-16-9-12-24-13-10-16/h5-10,12-13,19,21,25H,2-4,11,14-15H2,1H3,(H,26,29). The Kier molecular flexibility index (Phi) is 6.65. The molecule has 2 aliphatic heterocycles. The average molecular weight is 438 g/mol. The number of fused-ring (bicyclic) bond motifs is 1. The summed E-state index contributed by atoms with van der Waals surface area (Å²) >= 11 is 0. The summed E-state index contributed by atoms with van der Waals surface area (Å²) in [6.45, 7) is 3.18. The molecule has 0 aliphatic carbocycles. The lowest BCUT2D eigenvalue weighted by Crippen LogP contribution is -2.70. The lowest BCUT2D eigenvalue weighted by molar-refractivity contribution is -0.138. The van der Waals surface area contributed by atoms with Gasteiger partial charge in [-0.1, -0.05) is 0 Å². The summed E-state index contributed by atoms with van der Waals surface area (Å²) in [7, 11) is 0. The number of benzene rings is 1. The lowest BCUT2D eigenvalue weighted by Gasteiger charge is -2.46. The number of ether oxygens (including phenoxy) is 1. The zero-order valence-corrected chi connectivity index (χ0v) is 18.0. The fourth-order valence-corrected chi connectivity index (χ4v) is 4.18. The first kappa shape index (κ1) is 21.8. The predicted molar refractivity (Wildman–Crippen MR) is 118 cm³/mol. The van der Waals surface area contributed by atoms with Crippen LogP contribution in [0, 0.1) is 0 Å². The molecule has 2 N–H and O–H groups in total. The molecule has 2 aliphatic rings. The van der Waals surface area contributed by atoms with Gasteiger partial charge in [0.25, 0.3) is 0 Å². The maximum absolute atomic E-state index is 13.3. The lowest BCUT2D eigenvalue weighted by atomic mass is 9.93. The van der Waals surface area contributed by atoms with Crippen LogP contribution < -0.4 is 15.4 Å². The Labute approximate surface area is 186 Å². The van der Waals surface area contributed by atoms with Gasteiger partial charge in [-0.15, -0.1) is 0 Å². The molecule has 32 heavy (non-hydrogen) atoms. The number of carbonyl (C=O) groups is 3. The maximum atomic E-state index is 13.3. The summed E-state index contributed by atoms with van der Waals surface area (Å²) < 4.78 is 5.42. The van der Waals surface area contributed by atoms with Gasteiger partial charge in [-0.25, -0.2) is 4.79 Å². The first-order valence-electron chi connectivity index (χ1n) is 10.8. The van der Waals surface area contributed by atoms with E-state index < -0.39 is 12.1 Å². The molecule has 168 valence electrons. The van der Waals surface area contributed by atoms with E-state index in [2.05, 4.69) is 15.6 Å². The number of pyridine rings is 1. The summed E-state index contributed by atoms with van der Waals surface area (Å²) in [5.74, 6) is 0.155. The number of nitrogens with one attached hydrogen (secondary N) is 2. The van der Waals surface area contributed by atoms with Crippen LogP contribution in [0.15, 0.2) is 48.8 Å². The minimum atomic E-state index is -0.512. The van der Waals surface area contributed by atoms with Gasteiger partial charge in [-0.05, 0) is 68.3 Å². The summed E-state index contributed by atoms with van der Waals surface area (Å²) in [5, 5.41) is 6.07. The highest BCUT2D eigenvalue weighted by Gasteiger charge is 2.47. The Balaban J connectivity index is 1.49. The quantitative estimate of drug-likeness (QED) is 0.687. The van der Waals surface area contributed by atoms with E-state index in [0.29, 0.717) is 25.3 Å². The molecular formula is C23H27N5O4. The number of nitrogens with zero attached hydrogens (tertiary/aromatic N) is 3. The van der Waals surface area contributed by atoms with E-state index in [9.17, 15) is 14.4 Å². The molecule has 1 aromatic carbocycles. The summed E-state index contributed by atoms with van der Waals surface area (Å²) in [6.07, 6.45) is 4.76. The molecule has 2 aromatic rings. The van der Waals surface area contributed by atoms with Crippen molar-refractivity contribution in [3.63, 3.8) is 0 Å². The van der Waals surface area contributed by atoms with Crippen molar-refractivity contribution < 1.29 is 19.1 Å². The summed E-state index contributed by atoms with van der Waals surface area (Å²) in [6, 6.07) is 9.30. The smallest absolute Gasteiger partial charge is 0.327 e. The van der Waals surface area contributed by atoms with E-state index in [1.807, 2.05) is 6.92 Å². The van der Waals surface area contributed by atoms with Crippen molar-refractivity contribution in [3.05, 3.63) is 54.4 Å². The number of hydrogen-bond donors (Lipinski definition) is 2. The maximum Gasteiger partial charge on any atom is 0.327 e. The van der Waals surface area contributed by atoms with Gasteiger partial charge in [0.2, 0.25) is 11.8 Å². The number of piperidine rings is 1. The second-order valence-electron chi connectivity index (χ2n) is 7.84. The van der Waals surface area contributed by atoms with Crippen LogP contribution in [-0.2, 0) is 16.1 Å². The van der Waals surface area contributed by atoms with Gasteiger partial charge in [0.15, 0.2) is 0 Å². The Morgan fingerprint density at radius 1 is 1.19 bits per heavy atom. The average Bonchev–Trinajstić information content (AvgIpc) is 2.81. The molecule has 4 amide bonds. The fraction of sp³-hybridized carbons (Fsp3) is 0.391. The third kappa shape index (κ3) is 4.72. The Hall–Kier alpha value is -3.46. The third-order valence-corrected chi connectivity index (χ3v) is 5.69. The Bertz CT molecular complexity index is 966. The van der Waals surface area contributed by atoms with Crippen LogP contribution in [0.1, 0.15) is 25.3 Å². The van der Waals surface area contributed by atoms with E-state index in [1.54, 1.807) is 48.8 Å². The van der Waals surface area contributed by atoms with Crippen molar-refractivity contribution in [3.8, 4) is 5.75 Å². The molecule has 2 fully saturated rings. The highest BCUT2D eigenvalue weighted by atomic mass is 16.5. The van der Waals surface area contributed by atoms with Gasteiger partial charge >= 0.3 is 6.03 Å². The van der Waals surface area contributed by atoms with Crippen molar-refractivity contribution in [2.45, 2.75) is 38.4 Å². The van der Waals surface area contributed by atoms with Crippen molar-refractivity contribution in [2.75, 3.05) is 25.0 Å². The van der Waals surface area contributed by atoms with Crippen molar-refractivity contribution in [1.82, 2.24) is 20.1 Å². The number of rotatable bonds is 7. The summed E-state index contributed by atoms with van der Waals surface area (Å²) in [5.41, 5.74) is 1.42. The molecule has 1 aromatic heterocycles. The van der Waals surface area contributed by atoms with E-state index >= 15 is 0 Å². The molecule has 2 atom stereocenters. The molecule has 9 heteroatoms. The highest BCUT2D eigenvalue weighted by Crippen LogP contribution is 2.26. The molecule has 0 bridgehead atoms. The largest absolute Gasteiger partial charge is 0.494 e. The van der Waals surface area contributed by atoms with Crippen LogP contribution in [-0.4, -0.2) is 64.4 Å². The van der Waals surface area contributed by atoms with Gasteiger partial charge in [-0.3, -0.25) is 19.5 Å². The molecule has 0 saturated carbocycles. The number of aromatic nitrogens is 1.